The average Bonchev–Trinajstić information content (AvgIpc) is 3.39. The number of amides is 1. The molecule has 0 aromatic carbocycles. The summed E-state index contributed by atoms with van der Waals surface area (Å²) in [6.45, 7) is 3.72. The number of nitrogens with one attached hydrogen (secondary N) is 1. The van der Waals surface area contributed by atoms with E-state index in [0.29, 0.717) is 23.0 Å². The summed E-state index contributed by atoms with van der Waals surface area (Å²) in [5.41, 5.74) is 3.08. The minimum atomic E-state index is -3.00. The summed E-state index contributed by atoms with van der Waals surface area (Å²) in [4.78, 5) is 16.9. The highest BCUT2D eigenvalue weighted by atomic mass is 32.2. The molecule has 1 atom stereocenters. The van der Waals surface area contributed by atoms with Gasteiger partial charge >= 0.3 is 0 Å². The van der Waals surface area contributed by atoms with Gasteiger partial charge in [0.25, 0.3) is 0 Å². The van der Waals surface area contributed by atoms with E-state index in [2.05, 4.69) is 15.4 Å². The molecule has 1 aliphatic heterocycles. The minimum absolute atomic E-state index is 0.106. The van der Waals surface area contributed by atoms with Gasteiger partial charge in [0.1, 0.15) is 5.69 Å². The third-order valence-corrected chi connectivity index (χ3v) is 7.40. The number of sulfone groups is 1. The Labute approximate surface area is 166 Å². The summed E-state index contributed by atoms with van der Waals surface area (Å²) < 4.78 is 30.6. The number of rotatable bonds is 5. The van der Waals surface area contributed by atoms with Crippen molar-refractivity contribution in [3.8, 4) is 11.5 Å². The normalized spacial score (nSPS) is 18.4. The Hall–Kier alpha value is -2.46. The van der Waals surface area contributed by atoms with E-state index in [0.717, 1.165) is 17.0 Å². The molecule has 1 unspecified atom stereocenters. The maximum absolute atomic E-state index is 12.5. The minimum Gasteiger partial charge on any atom is -0.463 e. The summed E-state index contributed by atoms with van der Waals surface area (Å²) in [7, 11) is -3.00. The number of aromatic nitrogens is 3. The first-order valence-corrected chi connectivity index (χ1v) is 11.6. The van der Waals surface area contributed by atoms with Crippen LogP contribution in [0.25, 0.3) is 11.5 Å². The first-order valence-electron chi connectivity index (χ1n) is 8.86. The number of aryl methyl sites for hydroxylation is 1. The molecule has 3 aromatic heterocycles. The molecule has 1 N–H and O–H groups in total. The van der Waals surface area contributed by atoms with Crippen LogP contribution in [-0.2, 0) is 21.1 Å². The van der Waals surface area contributed by atoms with E-state index in [1.165, 1.54) is 11.3 Å². The molecule has 1 fully saturated rings. The highest BCUT2D eigenvalue weighted by molar-refractivity contribution is 7.91. The lowest BCUT2D eigenvalue weighted by molar-refractivity contribution is -0.115. The van der Waals surface area contributed by atoms with E-state index in [1.54, 1.807) is 17.0 Å². The molecule has 8 nitrogen and oxygen atoms in total. The molecule has 148 valence electrons. The summed E-state index contributed by atoms with van der Waals surface area (Å²) in [5, 5.41) is 9.64. The average molecular weight is 421 g/mol. The Morgan fingerprint density at radius 2 is 2.25 bits per heavy atom. The smallest absolute Gasteiger partial charge is 0.230 e. The van der Waals surface area contributed by atoms with Gasteiger partial charge in [-0.15, -0.1) is 11.3 Å². The van der Waals surface area contributed by atoms with Crippen molar-refractivity contribution in [1.82, 2.24) is 14.8 Å². The van der Waals surface area contributed by atoms with Gasteiger partial charge in [-0.2, -0.15) is 5.10 Å². The van der Waals surface area contributed by atoms with Gasteiger partial charge in [-0.25, -0.2) is 13.4 Å². The second-order valence-electron chi connectivity index (χ2n) is 6.89. The second kappa shape index (κ2) is 7.17. The van der Waals surface area contributed by atoms with Crippen LogP contribution in [0.4, 0.5) is 5.13 Å². The van der Waals surface area contributed by atoms with Crippen LogP contribution in [0.3, 0.4) is 0 Å². The van der Waals surface area contributed by atoms with Gasteiger partial charge in [0.15, 0.2) is 20.7 Å². The molecule has 0 spiro atoms. The number of anilines is 1. The lowest BCUT2D eigenvalue weighted by Gasteiger charge is -2.11. The van der Waals surface area contributed by atoms with Crippen molar-refractivity contribution >= 4 is 32.2 Å². The summed E-state index contributed by atoms with van der Waals surface area (Å²) in [6, 6.07) is 3.44. The van der Waals surface area contributed by atoms with E-state index in [9.17, 15) is 13.2 Å². The lowest BCUT2D eigenvalue weighted by atomic mass is 10.1. The maximum Gasteiger partial charge on any atom is 0.230 e. The lowest BCUT2D eigenvalue weighted by Crippen LogP contribution is -2.16. The molecule has 0 saturated carbocycles. The van der Waals surface area contributed by atoms with Crippen LogP contribution in [0.2, 0.25) is 0 Å². The van der Waals surface area contributed by atoms with Crippen LogP contribution < -0.4 is 5.32 Å². The largest absolute Gasteiger partial charge is 0.463 e. The van der Waals surface area contributed by atoms with Crippen molar-refractivity contribution in [2.45, 2.75) is 32.7 Å². The SMILES string of the molecule is Cc1nn(C2CCS(=O)(=O)C2)c(C)c1CC(=O)Nc1nc(-c2ccco2)cs1. The Kier molecular flexibility index (Phi) is 4.84. The Morgan fingerprint density at radius 3 is 2.93 bits per heavy atom. The monoisotopic (exact) mass is 420 g/mol. The first-order chi connectivity index (χ1) is 13.3. The van der Waals surface area contributed by atoms with Crippen molar-refractivity contribution in [3.63, 3.8) is 0 Å². The fourth-order valence-corrected chi connectivity index (χ4v) is 5.88. The van der Waals surface area contributed by atoms with Gasteiger partial charge in [0.05, 0.1) is 35.9 Å². The fourth-order valence-electron chi connectivity index (χ4n) is 3.47. The highest BCUT2D eigenvalue weighted by Gasteiger charge is 2.31. The third-order valence-electron chi connectivity index (χ3n) is 4.89. The summed E-state index contributed by atoms with van der Waals surface area (Å²) in [6.07, 6.45) is 2.29. The maximum atomic E-state index is 12.5. The van der Waals surface area contributed by atoms with E-state index in [1.807, 2.05) is 25.3 Å². The molecular weight excluding hydrogens is 400 g/mol. The standard InChI is InChI=1S/C18H20N4O4S2/c1-11-14(12(2)22(21-11)13-5-7-28(24,25)10-13)8-17(23)20-18-19-15(9-27-18)16-4-3-6-26-16/h3-4,6,9,13H,5,7-8,10H2,1-2H3,(H,19,20,23). The first kappa shape index (κ1) is 18.9. The van der Waals surface area contributed by atoms with Gasteiger partial charge in [0, 0.05) is 16.6 Å². The number of furan rings is 1. The fraction of sp³-hybridized carbons (Fsp3) is 0.389. The zero-order chi connectivity index (χ0) is 19.9. The summed E-state index contributed by atoms with van der Waals surface area (Å²) >= 11 is 1.33. The molecular formula is C18H20N4O4S2. The number of thiazole rings is 1. The quantitative estimate of drug-likeness (QED) is 0.680. The van der Waals surface area contributed by atoms with Crippen molar-refractivity contribution in [3.05, 3.63) is 40.7 Å². The number of hydrogen-bond acceptors (Lipinski definition) is 7. The van der Waals surface area contributed by atoms with Gasteiger partial charge in [-0.3, -0.25) is 9.48 Å². The molecule has 10 heteroatoms. The topological polar surface area (TPSA) is 107 Å². The molecule has 1 aliphatic rings. The molecule has 3 aromatic rings. The predicted octanol–water partition coefficient (Wildman–Crippen LogP) is 2.76. The Balaban J connectivity index is 1.46. The van der Waals surface area contributed by atoms with E-state index in [4.69, 9.17) is 4.42 Å². The Bertz CT molecular complexity index is 1110. The van der Waals surface area contributed by atoms with Crippen LogP contribution in [0.5, 0.6) is 0 Å². The Morgan fingerprint density at radius 1 is 1.43 bits per heavy atom. The van der Waals surface area contributed by atoms with Gasteiger partial charge < -0.3 is 9.73 Å². The molecule has 0 aliphatic carbocycles. The predicted molar refractivity (Wildman–Crippen MR) is 106 cm³/mol. The molecule has 28 heavy (non-hydrogen) atoms. The van der Waals surface area contributed by atoms with Crippen LogP contribution >= 0.6 is 11.3 Å². The van der Waals surface area contributed by atoms with Gasteiger partial charge in [0.2, 0.25) is 5.91 Å². The highest BCUT2D eigenvalue weighted by Crippen LogP contribution is 2.28. The van der Waals surface area contributed by atoms with Crippen molar-refractivity contribution in [2.75, 3.05) is 16.8 Å². The number of hydrogen-bond donors (Lipinski definition) is 1. The van der Waals surface area contributed by atoms with E-state index >= 15 is 0 Å². The third kappa shape index (κ3) is 3.74. The van der Waals surface area contributed by atoms with E-state index in [-0.39, 0.29) is 29.9 Å². The van der Waals surface area contributed by atoms with Gasteiger partial charge in [-0.1, -0.05) is 0 Å². The van der Waals surface area contributed by atoms with Gasteiger partial charge in [-0.05, 0) is 32.4 Å². The molecule has 1 saturated heterocycles. The zero-order valence-electron chi connectivity index (χ0n) is 15.5. The number of nitrogens with zero attached hydrogens (tertiary/aromatic N) is 3. The van der Waals surface area contributed by atoms with Crippen LogP contribution in [0, 0.1) is 13.8 Å². The van der Waals surface area contributed by atoms with Crippen LogP contribution in [0.1, 0.15) is 29.4 Å². The number of carbonyl (C=O) groups excluding carboxylic acids is 1. The van der Waals surface area contributed by atoms with Crippen molar-refractivity contribution in [1.29, 1.82) is 0 Å². The van der Waals surface area contributed by atoms with Crippen molar-refractivity contribution in [2.24, 2.45) is 0 Å². The molecule has 4 rings (SSSR count). The van der Waals surface area contributed by atoms with Crippen molar-refractivity contribution < 1.29 is 17.6 Å². The van der Waals surface area contributed by atoms with Crippen LogP contribution in [0.15, 0.2) is 28.2 Å². The van der Waals surface area contributed by atoms with E-state index < -0.39 is 9.84 Å². The molecule has 0 radical (unpaired) electrons. The summed E-state index contributed by atoms with van der Waals surface area (Å²) in [5.74, 6) is 0.754. The number of carbonyl (C=O) groups is 1. The zero-order valence-corrected chi connectivity index (χ0v) is 17.1. The molecule has 1 amide bonds. The van der Waals surface area contributed by atoms with Crippen LogP contribution in [-0.4, -0.2) is 40.6 Å². The molecule has 4 heterocycles. The molecule has 0 bridgehead atoms. The second-order valence-corrected chi connectivity index (χ2v) is 9.98.